The maximum atomic E-state index is 11.4. The summed E-state index contributed by atoms with van der Waals surface area (Å²) in [5, 5.41) is 9.15. The Morgan fingerprint density at radius 2 is 1.68 bits per heavy atom. The van der Waals surface area contributed by atoms with Gasteiger partial charge in [0, 0.05) is 36.4 Å². The monoisotopic (exact) mass is 500 g/mol. The SMILES string of the molecule is CCOC(=S)SC(CC#N)CCc1cccc(CCC(OC(C)=O)SC(=S)OCC)n1. The second-order valence-corrected chi connectivity index (χ2v) is 9.99. The molecular formula is C21H28N2O4S4. The van der Waals surface area contributed by atoms with E-state index in [-0.39, 0.29) is 11.2 Å². The standard InChI is InChI=1S/C21H28N2O4S4/c1-4-25-20(28)30-18(13-14-22)11-9-16-7-6-8-17(23-16)10-12-19(27-15(3)24)31-21(29)26-5-2/h6-8,18-19H,4-5,9-13H2,1-3H3. The zero-order valence-corrected chi connectivity index (χ0v) is 21.3. The number of carbonyl (C=O) groups is 1. The van der Waals surface area contributed by atoms with Crippen LogP contribution in [-0.4, -0.2) is 43.6 Å². The van der Waals surface area contributed by atoms with Crippen molar-refractivity contribution in [3.8, 4) is 6.07 Å². The van der Waals surface area contributed by atoms with E-state index >= 15 is 0 Å². The van der Waals surface area contributed by atoms with Crippen LogP contribution in [0.4, 0.5) is 0 Å². The lowest BCUT2D eigenvalue weighted by molar-refractivity contribution is -0.142. The first-order valence-corrected chi connectivity index (χ1v) is 12.6. The molecule has 0 aliphatic carbocycles. The molecule has 0 aliphatic heterocycles. The third kappa shape index (κ3) is 12.9. The zero-order chi connectivity index (χ0) is 23.1. The number of ether oxygens (including phenoxy) is 3. The number of nitriles is 1. The lowest BCUT2D eigenvalue weighted by atomic mass is 10.1. The van der Waals surface area contributed by atoms with Gasteiger partial charge in [-0.1, -0.05) is 17.8 Å². The number of pyridine rings is 1. The maximum Gasteiger partial charge on any atom is 0.303 e. The van der Waals surface area contributed by atoms with E-state index in [4.69, 9.17) is 48.9 Å². The Morgan fingerprint density at radius 3 is 2.23 bits per heavy atom. The molecule has 0 radical (unpaired) electrons. The Hall–Kier alpha value is -1.41. The van der Waals surface area contributed by atoms with Crippen LogP contribution in [0.1, 0.15) is 51.4 Å². The van der Waals surface area contributed by atoms with Crippen LogP contribution in [0.2, 0.25) is 0 Å². The number of hydrogen-bond acceptors (Lipinski definition) is 10. The smallest absolute Gasteiger partial charge is 0.303 e. The molecule has 6 nitrogen and oxygen atoms in total. The number of aryl methyl sites for hydroxylation is 2. The molecule has 1 heterocycles. The third-order valence-corrected chi connectivity index (χ3v) is 6.62. The second-order valence-electron chi connectivity index (χ2n) is 6.32. The molecule has 1 rings (SSSR count). The Labute approximate surface area is 203 Å². The van der Waals surface area contributed by atoms with Gasteiger partial charge in [0.2, 0.25) is 8.77 Å². The van der Waals surface area contributed by atoms with Gasteiger partial charge in [0.1, 0.15) is 0 Å². The first-order valence-electron chi connectivity index (χ1n) is 10.0. The molecule has 1 aromatic rings. The van der Waals surface area contributed by atoms with Crippen molar-refractivity contribution < 1.29 is 19.0 Å². The molecule has 0 saturated heterocycles. The van der Waals surface area contributed by atoms with Gasteiger partial charge in [-0.2, -0.15) is 5.26 Å². The van der Waals surface area contributed by atoms with E-state index in [1.54, 1.807) is 0 Å². The Kier molecular flexibility index (Phi) is 14.5. The van der Waals surface area contributed by atoms with Crippen LogP contribution >= 0.6 is 48.0 Å². The van der Waals surface area contributed by atoms with Crippen LogP contribution < -0.4 is 0 Å². The van der Waals surface area contributed by atoms with Crippen molar-refractivity contribution in [3.63, 3.8) is 0 Å². The first-order chi connectivity index (χ1) is 14.9. The summed E-state index contributed by atoms with van der Waals surface area (Å²) in [5.74, 6) is -0.357. The van der Waals surface area contributed by atoms with Crippen LogP contribution in [0.15, 0.2) is 18.2 Å². The van der Waals surface area contributed by atoms with Gasteiger partial charge in [-0.15, -0.1) is 0 Å². The van der Waals surface area contributed by atoms with Crippen molar-refractivity contribution in [1.82, 2.24) is 4.98 Å². The summed E-state index contributed by atoms with van der Waals surface area (Å²) >= 11 is 13.0. The van der Waals surface area contributed by atoms with Gasteiger partial charge in [-0.25, -0.2) is 0 Å². The highest BCUT2D eigenvalue weighted by molar-refractivity contribution is 8.23. The molecule has 2 atom stereocenters. The van der Waals surface area contributed by atoms with E-state index in [0.29, 0.717) is 41.2 Å². The average Bonchev–Trinajstić information content (AvgIpc) is 2.71. The number of thioether (sulfide) groups is 2. The van der Waals surface area contributed by atoms with Gasteiger partial charge < -0.3 is 14.2 Å². The van der Waals surface area contributed by atoms with Crippen molar-refractivity contribution in [2.45, 2.75) is 63.6 Å². The van der Waals surface area contributed by atoms with Gasteiger partial charge >= 0.3 is 5.97 Å². The molecule has 0 spiro atoms. The van der Waals surface area contributed by atoms with E-state index < -0.39 is 5.44 Å². The summed E-state index contributed by atoms with van der Waals surface area (Å²) in [7, 11) is 0. The van der Waals surface area contributed by atoms with Gasteiger partial charge in [-0.3, -0.25) is 9.78 Å². The van der Waals surface area contributed by atoms with Gasteiger partial charge in [0.25, 0.3) is 0 Å². The molecule has 1 aromatic heterocycles. The van der Waals surface area contributed by atoms with E-state index in [1.807, 2.05) is 32.0 Å². The first kappa shape index (κ1) is 27.6. The Balaban J connectivity index is 2.65. The maximum absolute atomic E-state index is 11.4. The van der Waals surface area contributed by atoms with Crippen molar-refractivity contribution in [1.29, 1.82) is 5.26 Å². The number of nitrogens with zero attached hydrogens (tertiary/aromatic N) is 2. The molecule has 170 valence electrons. The minimum Gasteiger partial charge on any atom is -0.479 e. The number of aromatic nitrogens is 1. The summed E-state index contributed by atoms with van der Waals surface area (Å²) in [4.78, 5) is 16.1. The van der Waals surface area contributed by atoms with Gasteiger partial charge in [0.05, 0.1) is 19.3 Å². The van der Waals surface area contributed by atoms with E-state index in [2.05, 4.69) is 6.07 Å². The van der Waals surface area contributed by atoms with Crippen LogP contribution in [0.5, 0.6) is 0 Å². The number of thiocarbonyl (C=S) groups is 2. The highest BCUT2D eigenvalue weighted by atomic mass is 32.2. The van der Waals surface area contributed by atoms with Crippen LogP contribution in [0.3, 0.4) is 0 Å². The summed E-state index contributed by atoms with van der Waals surface area (Å²) in [6, 6.07) is 8.10. The lowest BCUT2D eigenvalue weighted by Crippen LogP contribution is -2.16. The molecule has 0 amide bonds. The molecule has 0 aliphatic rings. The van der Waals surface area contributed by atoms with Crippen molar-refractivity contribution in [3.05, 3.63) is 29.6 Å². The van der Waals surface area contributed by atoms with Crippen molar-refractivity contribution in [2.24, 2.45) is 0 Å². The predicted octanol–water partition coefficient (Wildman–Crippen LogP) is 5.23. The van der Waals surface area contributed by atoms with Crippen LogP contribution in [0.25, 0.3) is 0 Å². The van der Waals surface area contributed by atoms with E-state index in [9.17, 15) is 4.79 Å². The summed E-state index contributed by atoms with van der Waals surface area (Å²) in [6.07, 6.45) is 3.12. The Morgan fingerprint density at radius 1 is 1.10 bits per heavy atom. The molecular weight excluding hydrogens is 473 g/mol. The summed E-state index contributed by atoms with van der Waals surface area (Å²) in [6.45, 7) is 6.12. The normalized spacial score (nSPS) is 12.3. The number of esters is 1. The van der Waals surface area contributed by atoms with Crippen LogP contribution in [0, 0.1) is 11.3 Å². The third-order valence-electron chi connectivity index (χ3n) is 3.85. The topological polar surface area (TPSA) is 81.4 Å². The molecule has 0 fully saturated rings. The number of carbonyl (C=O) groups excluding carboxylic acids is 1. The highest BCUT2D eigenvalue weighted by Gasteiger charge is 2.17. The highest BCUT2D eigenvalue weighted by Crippen LogP contribution is 2.23. The minimum atomic E-state index is -0.419. The molecule has 10 heteroatoms. The molecule has 0 aromatic carbocycles. The van der Waals surface area contributed by atoms with Gasteiger partial charge in [0.15, 0.2) is 5.44 Å². The van der Waals surface area contributed by atoms with Crippen molar-refractivity contribution >= 4 is 62.7 Å². The number of hydrogen-bond donors (Lipinski definition) is 0. The summed E-state index contributed by atoms with van der Waals surface area (Å²) < 4.78 is 16.8. The van der Waals surface area contributed by atoms with E-state index in [0.717, 1.165) is 24.2 Å². The average molecular weight is 501 g/mol. The number of rotatable bonds is 12. The second kappa shape index (κ2) is 16.3. The molecule has 2 unspecified atom stereocenters. The molecule has 31 heavy (non-hydrogen) atoms. The zero-order valence-electron chi connectivity index (χ0n) is 18.0. The van der Waals surface area contributed by atoms with Crippen LogP contribution in [-0.2, 0) is 31.8 Å². The fourth-order valence-corrected chi connectivity index (χ4v) is 5.20. The summed E-state index contributed by atoms with van der Waals surface area (Å²) in [5.41, 5.74) is 1.44. The largest absolute Gasteiger partial charge is 0.479 e. The fraction of sp³-hybridized carbons (Fsp3) is 0.571. The van der Waals surface area contributed by atoms with Crippen molar-refractivity contribution in [2.75, 3.05) is 13.2 Å². The fourth-order valence-electron chi connectivity index (χ4n) is 2.56. The molecule has 0 bridgehead atoms. The minimum absolute atomic E-state index is 0.0684. The molecule has 0 N–H and O–H groups in total. The lowest BCUT2D eigenvalue weighted by Gasteiger charge is -2.17. The quantitative estimate of drug-likeness (QED) is 0.216. The molecule has 0 saturated carbocycles. The Bertz CT molecular complexity index is 770. The van der Waals surface area contributed by atoms with E-state index in [1.165, 1.54) is 30.4 Å². The predicted molar refractivity (Wildman–Crippen MR) is 134 cm³/mol. The van der Waals surface area contributed by atoms with Gasteiger partial charge in [-0.05, 0) is 81.4 Å².